The molecular formula is C15H15BrN2OS. The van der Waals surface area contributed by atoms with Gasteiger partial charge in [-0.15, -0.1) is 11.3 Å². The highest BCUT2D eigenvalue weighted by atomic mass is 79.9. The zero-order valence-corrected chi connectivity index (χ0v) is 13.3. The SMILES string of the molecule is O=C(Nc1cccc(N2CCCC2)c1)c1ccc(Br)s1. The van der Waals surface area contributed by atoms with Gasteiger partial charge in [0.05, 0.1) is 8.66 Å². The Labute approximate surface area is 130 Å². The topological polar surface area (TPSA) is 32.3 Å². The monoisotopic (exact) mass is 350 g/mol. The normalized spacial score (nSPS) is 14.6. The van der Waals surface area contributed by atoms with Gasteiger partial charge in [-0.05, 0) is 59.1 Å². The number of amides is 1. The molecule has 0 saturated carbocycles. The Morgan fingerprint density at radius 2 is 2.00 bits per heavy atom. The van der Waals surface area contributed by atoms with E-state index in [2.05, 4.69) is 32.2 Å². The third-order valence-electron chi connectivity index (χ3n) is 3.37. The molecule has 20 heavy (non-hydrogen) atoms. The molecule has 1 saturated heterocycles. The number of thiophene rings is 1. The van der Waals surface area contributed by atoms with Crippen molar-refractivity contribution in [1.82, 2.24) is 0 Å². The molecule has 0 bridgehead atoms. The molecule has 2 heterocycles. The molecule has 1 aromatic heterocycles. The van der Waals surface area contributed by atoms with Crippen LogP contribution in [-0.2, 0) is 0 Å². The zero-order valence-electron chi connectivity index (χ0n) is 10.9. The van der Waals surface area contributed by atoms with E-state index in [-0.39, 0.29) is 5.91 Å². The van der Waals surface area contributed by atoms with E-state index in [1.165, 1.54) is 29.9 Å². The fourth-order valence-electron chi connectivity index (χ4n) is 2.38. The zero-order chi connectivity index (χ0) is 13.9. The summed E-state index contributed by atoms with van der Waals surface area (Å²) in [6, 6.07) is 11.8. The van der Waals surface area contributed by atoms with Crippen molar-refractivity contribution in [1.29, 1.82) is 0 Å². The number of carbonyl (C=O) groups is 1. The number of benzene rings is 1. The predicted molar refractivity (Wildman–Crippen MR) is 87.9 cm³/mol. The summed E-state index contributed by atoms with van der Waals surface area (Å²) in [5, 5.41) is 2.96. The Hall–Kier alpha value is -1.33. The second kappa shape index (κ2) is 5.97. The van der Waals surface area contributed by atoms with E-state index >= 15 is 0 Å². The fourth-order valence-corrected chi connectivity index (χ4v) is 3.67. The van der Waals surface area contributed by atoms with Crippen LogP contribution in [0.5, 0.6) is 0 Å². The first kappa shape index (κ1) is 13.6. The number of anilines is 2. The van der Waals surface area contributed by atoms with Gasteiger partial charge in [0.1, 0.15) is 0 Å². The van der Waals surface area contributed by atoms with Crippen LogP contribution >= 0.6 is 27.3 Å². The quantitative estimate of drug-likeness (QED) is 0.891. The van der Waals surface area contributed by atoms with Gasteiger partial charge < -0.3 is 10.2 Å². The van der Waals surface area contributed by atoms with Crippen LogP contribution in [0.4, 0.5) is 11.4 Å². The van der Waals surface area contributed by atoms with Gasteiger partial charge >= 0.3 is 0 Å². The van der Waals surface area contributed by atoms with Crippen molar-refractivity contribution >= 4 is 44.5 Å². The van der Waals surface area contributed by atoms with Crippen LogP contribution < -0.4 is 10.2 Å². The highest BCUT2D eigenvalue weighted by Gasteiger charge is 2.13. The van der Waals surface area contributed by atoms with E-state index in [1.54, 1.807) is 0 Å². The minimum atomic E-state index is -0.0562. The van der Waals surface area contributed by atoms with Gasteiger partial charge in [-0.1, -0.05) is 6.07 Å². The maximum atomic E-state index is 12.1. The van der Waals surface area contributed by atoms with E-state index < -0.39 is 0 Å². The Bertz CT molecular complexity index is 620. The lowest BCUT2D eigenvalue weighted by Gasteiger charge is -2.18. The van der Waals surface area contributed by atoms with Crippen LogP contribution in [0.2, 0.25) is 0 Å². The Kier molecular flexibility index (Phi) is 4.08. The van der Waals surface area contributed by atoms with Crippen molar-refractivity contribution in [2.45, 2.75) is 12.8 Å². The molecule has 0 unspecified atom stereocenters. The van der Waals surface area contributed by atoms with Crippen LogP contribution in [0, 0.1) is 0 Å². The van der Waals surface area contributed by atoms with Crippen LogP contribution in [0.25, 0.3) is 0 Å². The summed E-state index contributed by atoms with van der Waals surface area (Å²) < 4.78 is 0.966. The van der Waals surface area contributed by atoms with Gasteiger partial charge in [0.25, 0.3) is 5.91 Å². The largest absolute Gasteiger partial charge is 0.371 e. The number of carbonyl (C=O) groups excluding carboxylic acids is 1. The van der Waals surface area contributed by atoms with Crippen molar-refractivity contribution in [3.05, 3.63) is 45.1 Å². The number of nitrogens with zero attached hydrogens (tertiary/aromatic N) is 1. The Morgan fingerprint density at radius 3 is 2.70 bits per heavy atom. The van der Waals surface area contributed by atoms with Gasteiger partial charge in [-0.3, -0.25) is 4.79 Å². The molecule has 1 aromatic carbocycles. The molecule has 5 heteroatoms. The first-order valence-corrected chi connectivity index (χ1v) is 8.25. The summed E-state index contributed by atoms with van der Waals surface area (Å²) in [5.41, 5.74) is 2.04. The minimum Gasteiger partial charge on any atom is -0.371 e. The number of hydrogen-bond acceptors (Lipinski definition) is 3. The molecule has 1 fully saturated rings. The first-order valence-electron chi connectivity index (χ1n) is 6.64. The molecule has 0 radical (unpaired) electrons. The van der Waals surface area contributed by atoms with E-state index in [1.807, 2.05) is 30.3 Å². The first-order chi connectivity index (χ1) is 9.72. The van der Waals surface area contributed by atoms with Crippen LogP contribution in [0.15, 0.2) is 40.2 Å². The molecule has 1 N–H and O–H groups in total. The van der Waals surface area contributed by atoms with Crippen LogP contribution in [0.3, 0.4) is 0 Å². The van der Waals surface area contributed by atoms with Gasteiger partial charge in [0.15, 0.2) is 0 Å². The lowest BCUT2D eigenvalue weighted by Crippen LogP contribution is -2.18. The van der Waals surface area contributed by atoms with Gasteiger partial charge in [-0.2, -0.15) is 0 Å². The summed E-state index contributed by atoms with van der Waals surface area (Å²) in [6.45, 7) is 2.21. The molecular weight excluding hydrogens is 336 g/mol. The van der Waals surface area contributed by atoms with Crippen molar-refractivity contribution < 1.29 is 4.79 Å². The molecule has 1 aliphatic rings. The van der Waals surface area contributed by atoms with Gasteiger partial charge in [0, 0.05) is 24.5 Å². The van der Waals surface area contributed by atoms with E-state index in [0.29, 0.717) is 4.88 Å². The van der Waals surface area contributed by atoms with Crippen molar-refractivity contribution in [3.8, 4) is 0 Å². The summed E-state index contributed by atoms with van der Waals surface area (Å²) in [4.78, 5) is 15.2. The maximum Gasteiger partial charge on any atom is 0.265 e. The van der Waals surface area contributed by atoms with Crippen molar-refractivity contribution in [2.24, 2.45) is 0 Å². The van der Waals surface area contributed by atoms with Gasteiger partial charge in [0.2, 0.25) is 0 Å². The summed E-state index contributed by atoms with van der Waals surface area (Å²) in [7, 11) is 0. The standard InChI is InChI=1S/C15H15BrN2OS/c16-14-7-6-13(20-14)15(19)17-11-4-3-5-12(10-11)18-8-1-2-9-18/h3-7,10H,1-2,8-9H2,(H,17,19). The molecule has 0 spiro atoms. The highest BCUT2D eigenvalue weighted by molar-refractivity contribution is 9.11. The van der Waals surface area contributed by atoms with E-state index in [0.717, 1.165) is 22.6 Å². The minimum absolute atomic E-state index is 0.0562. The lowest BCUT2D eigenvalue weighted by molar-refractivity contribution is 0.103. The predicted octanol–water partition coefficient (Wildman–Crippen LogP) is 4.36. The lowest BCUT2D eigenvalue weighted by atomic mass is 10.2. The summed E-state index contributed by atoms with van der Waals surface area (Å²) in [6.07, 6.45) is 2.50. The van der Waals surface area contributed by atoms with Crippen LogP contribution in [-0.4, -0.2) is 19.0 Å². The third-order valence-corrected chi connectivity index (χ3v) is 4.99. The molecule has 104 valence electrons. The van der Waals surface area contributed by atoms with Crippen LogP contribution in [0.1, 0.15) is 22.5 Å². The smallest absolute Gasteiger partial charge is 0.265 e. The molecule has 3 rings (SSSR count). The van der Waals surface area contributed by atoms with Gasteiger partial charge in [-0.25, -0.2) is 0 Å². The average Bonchev–Trinajstić information content (AvgIpc) is 3.10. The van der Waals surface area contributed by atoms with Crippen molar-refractivity contribution in [2.75, 3.05) is 23.3 Å². The average molecular weight is 351 g/mol. The molecule has 0 atom stereocenters. The number of hydrogen-bond donors (Lipinski definition) is 1. The second-order valence-electron chi connectivity index (χ2n) is 4.80. The maximum absolute atomic E-state index is 12.1. The summed E-state index contributed by atoms with van der Waals surface area (Å²) >= 11 is 4.81. The highest BCUT2D eigenvalue weighted by Crippen LogP contribution is 2.25. The number of halogens is 1. The number of rotatable bonds is 3. The van der Waals surface area contributed by atoms with E-state index in [4.69, 9.17) is 0 Å². The molecule has 1 amide bonds. The summed E-state index contributed by atoms with van der Waals surface area (Å²) in [5.74, 6) is -0.0562. The number of nitrogens with one attached hydrogen (secondary N) is 1. The molecule has 0 aliphatic carbocycles. The Morgan fingerprint density at radius 1 is 1.20 bits per heavy atom. The molecule has 2 aromatic rings. The van der Waals surface area contributed by atoms with Crippen molar-refractivity contribution in [3.63, 3.8) is 0 Å². The Balaban J connectivity index is 1.74. The third kappa shape index (κ3) is 3.04. The fraction of sp³-hybridized carbons (Fsp3) is 0.267. The second-order valence-corrected chi connectivity index (χ2v) is 7.27. The van der Waals surface area contributed by atoms with E-state index in [9.17, 15) is 4.79 Å². The molecule has 1 aliphatic heterocycles. The molecule has 3 nitrogen and oxygen atoms in total.